The molecule has 23 heavy (non-hydrogen) atoms. The van der Waals surface area contributed by atoms with E-state index in [0.717, 1.165) is 38.0 Å². The van der Waals surface area contributed by atoms with E-state index in [-0.39, 0.29) is 23.8 Å². The lowest BCUT2D eigenvalue weighted by Gasteiger charge is -2.30. The lowest BCUT2D eigenvalue weighted by molar-refractivity contribution is -0.126. The highest BCUT2D eigenvalue weighted by molar-refractivity contribution is 5.78. The second-order valence-electron chi connectivity index (χ2n) is 6.18. The van der Waals surface area contributed by atoms with Gasteiger partial charge in [0.15, 0.2) is 0 Å². The van der Waals surface area contributed by atoms with Crippen LogP contribution in [0.2, 0.25) is 0 Å². The third-order valence-electron chi connectivity index (χ3n) is 4.54. The number of benzene rings is 1. The van der Waals surface area contributed by atoms with Crippen LogP contribution in [0.15, 0.2) is 30.3 Å². The van der Waals surface area contributed by atoms with Crippen LogP contribution >= 0.6 is 0 Å². The van der Waals surface area contributed by atoms with Gasteiger partial charge in [0.25, 0.3) is 0 Å². The number of likely N-dealkylation sites (tertiary alicyclic amines) is 1. The summed E-state index contributed by atoms with van der Waals surface area (Å²) < 4.78 is 0. The quantitative estimate of drug-likeness (QED) is 0.840. The fraction of sp³-hybridized carbons (Fsp3) is 0.556. The lowest BCUT2D eigenvalue weighted by atomic mass is 9.96. The van der Waals surface area contributed by atoms with E-state index in [2.05, 4.69) is 15.5 Å². The van der Waals surface area contributed by atoms with Gasteiger partial charge in [-0.2, -0.15) is 0 Å². The molecule has 5 nitrogen and oxygen atoms in total. The Balaban J connectivity index is 1.68. The molecule has 5 heteroatoms. The van der Waals surface area contributed by atoms with Crippen molar-refractivity contribution in [2.75, 3.05) is 26.7 Å². The number of amides is 2. The lowest BCUT2D eigenvalue weighted by Crippen LogP contribution is -2.41. The highest BCUT2D eigenvalue weighted by Crippen LogP contribution is 2.17. The molecule has 1 atom stereocenters. The third kappa shape index (κ3) is 5.36. The van der Waals surface area contributed by atoms with Gasteiger partial charge in [-0.3, -0.25) is 9.59 Å². The Bertz CT molecular complexity index is 510. The Morgan fingerprint density at radius 2 is 1.87 bits per heavy atom. The smallest absolute Gasteiger partial charge is 0.222 e. The molecule has 2 N–H and O–H groups in total. The van der Waals surface area contributed by atoms with Crippen molar-refractivity contribution in [2.45, 2.75) is 32.2 Å². The van der Waals surface area contributed by atoms with Gasteiger partial charge in [-0.15, -0.1) is 0 Å². The Hall–Kier alpha value is -1.88. The van der Waals surface area contributed by atoms with Gasteiger partial charge in [0.2, 0.25) is 11.8 Å². The summed E-state index contributed by atoms with van der Waals surface area (Å²) in [6.07, 6.45) is 2.26. The van der Waals surface area contributed by atoms with Gasteiger partial charge < -0.3 is 15.5 Å². The molecule has 1 saturated heterocycles. The highest BCUT2D eigenvalue weighted by atomic mass is 16.2. The number of rotatable bonds is 6. The molecule has 0 bridgehead atoms. The molecule has 1 aliphatic heterocycles. The van der Waals surface area contributed by atoms with Crippen LogP contribution in [0.3, 0.4) is 0 Å². The van der Waals surface area contributed by atoms with Crippen LogP contribution in [0, 0.1) is 5.92 Å². The van der Waals surface area contributed by atoms with Crippen LogP contribution in [0.5, 0.6) is 0 Å². The molecule has 2 amide bonds. The maximum absolute atomic E-state index is 12.1. The van der Waals surface area contributed by atoms with Crippen LogP contribution in [0.1, 0.15) is 37.8 Å². The van der Waals surface area contributed by atoms with E-state index in [1.54, 1.807) is 7.05 Å². The number of carbonyl (C=O) groups is 2. The number of nitrogens with one attached hydrogen (secondary N) is 2. The number of carbonyl (C=O) groups excluding carboxylic acids is 2. The van der Waals surface area contributed by atoms with E-state index >= 15 is 0 Å². The monoisotopic (exact) mass is 317 g/mol. The van der Waals surface area contributed by atoms with E-state index in [1.165, 1.54) is 0 Å². The summed E-state index contributed by atoms with van der Waals surface area (Å²) in [6, 6.07) is 10.0. The molecule has 0 aromatic heterocycles. The first-order valence-corrected chi connectivity index (χ1v) is 8.38. The SMILES string of the molecule is CNC(=O)C1CCN(CCC(=O)NC(C)c2ccccc2)CC1. The van der Waals surface area contributed by atoms with Gasteiger partial charge in [-0.1, -0.05) is 30.3 Å². The first-order chi connectivity index (χ1) is 11.1. The summed E-state index contributed by atoms with van der Waals surface area (Å²) in [7, 11) is 1.69. The summed E-state index contributed by atoms with van der Waals surface area (Å²) in [5, 5.41) is 5.76. The van der Waals surface area contributed by atoms with Gasteiger partial charge in [-0.05, 0) is 38.4 Å². The Morgan fingerprint density at radius 1 is 1.22 bits per heavy atom. The van der Waals surface area contributed by atoms with Crippen molar-refractivity contribution in [1.29, 1.82) is 0 Å². The Kier molecular flexibility index (Phi) is 6.59. The van der Waals surface area contributed by atoms with Gasteiger partial charge in [0, 0.05) is 25.9 Å². The molecule has 1 aromatic rings. The maximum atomic E-state index is 12.1. The van der Waals surface area contributed by atoms with Gasteiger partial charge in [0.05, 0.1) is 6.04 Å². The van der Waals surface area contributed by atoms with E-state index in [4.69, 9.17) is 0 Å². The van der Waals surface area contributed by atoms with Crippen LogP contribution in [0.25, 0.3) is 0 Å². The molecular formula is C18H27N3O2. The first-order valence-electron chi connectivity index (χ1n) is 8.38. The largest absolute Gasteiger partial charge is 0.359 e. The van der Waals surface area contributed by atoms with Crippen molar-refractivity contribution in [3.63, 3.8) is 0 Å². The van der Waals surface area contributed by atoms with E-state index < -0.39 is 0 Å². The van der Waals surface area contributed by atoms with Crippen molar-refractivity contribution in [1.82, 2.24) is 15.5 Å². The number of nitrogens with zero attached hydrogens (tertiary/aromatic N) is 1. The topological polar surface area (TPSA) is 61.4 Å². The molecule has 0 saturated carbocycles. The molecule has 1 fully saturated rings. The molecule has 1 heterocycles. The summed E-state index contributed by atoms with van der Waals surface area (Å²) in [5.41, 5.74) is 1.12. The first kappa shape index (κ1) is 17.5. The van der Waals surface area contributed by atoms with Gasteiger partial charge in [0.1, 0.15) is 0 Å². The van der Waals surface area contributed by atoms with Crippen molar-refractivity contribution >= 4 is 11.8 Å². The summed E-state index contributed by atoms with van der Waals surface area (Å²) in [6.45, 7) is 4.54. The van der Waals surface area contributed by atoms with Crippen LogP contribution in [-0.4, -0.2) is 43.4 Å². The molecular weight excluding hydrogens is 290 g/mol. The second-order valence-corrected chi connectivity index (χ2v) is 6.18. The average molecular weight is 317 g/mol. The van der Waals surface area contributed by atoms with Gasteiger partial charge >= 0.3 is 0 Å². The van der Waals surface area contributed by atoms with E-state index in [0.29, 0.717) is 6.42 Å². The van der Waals surface area contributed by atoms with Crippen LogP contribution in [-0.2, 0) is 9.59 Å². The van der Waals surface area contributed by atoms with Crippen molar-refractivity contribution in [3.8, 4) is 0 Å². The van der Waals surface area contributed by atoms with Crippen LogP contribution < -0.4 is 10.6 Å². The fourth-order valence-corrected chi connectivity index (χ4v) is 3.02. The number of hydrogen-bond donors (Lipinski definition) is 2. The van der Waals surface area contributed by atoms with E-state index in [1.807, 2.05) is 37.3 Å². The standard InChI is InChI=1S/C18H27N3O2/c1-14(15-6-4-3-5-7-15)20-17(22)10-13-21-11-8-16(9-12-21)18(23)19-2/h3-7,14,16H,8-13H2,1-2H3,(H,19,23)(H,20,22). The Morgan fingerprint density at radius 3 is 2.48 bits per heavy atom. The Labute approximate surface area is 138 Å². The normalized spacial score (nSPS) is 17.5. The minimum absolute atomic E-state index is 0.0303. The molecule has 1 aromatic carbocycles. The summed E-state index contributed by atoms with van der Waals surface area (Å²) >= 11 is 0. The minimum Gasteiger partial charge on any atom is -0.359 e. The average Bonchev–Trinajstić information content (AvgIpc) is 2.60. The van der Waals surface area contributed by atoms with Crippen molar-refractivity contribution in [3.05, 3.63) is 35.9 Å². The molecule has 1 unspecified atom stereocenters. The maximum Gasteiger partial charge on any atom is 0.222 e. The zero-order valence-electron chi connectivity index (χ0n) is 14.0. The predicted octanol–water partition coefficient (Wildman–Crippen LogP) is 1.71. The number of piperidine rings is 1. The third-order valence-corrected chi connectivity index (χ3v) is 4.54. The molecule has 126 valence electrons. The highest BCUT2D eigenvalue weighted by Gasteiger charge is 2.24. The predicted molar refractivity (Wildman–Crippen MR) is 90.8 cm³/mol. The molecule has 2 rings (SSSR count). The molecule has 0 aliphatic carbocycles. The molecule has 0 radical (unpaired) electrons. The number of hydrogen-bond acceptors (Lipinski definition) is 3. The van der Waals surface area contributed by atoms with Crippen LogP contribution in [0.4, 0.5) is 0 Å². The second kappa shape index (κ2) is 8.67. The molecule has 1 aliphatic rings. The van der Waals surface area contributed by atoms with Gasteiger partial charge in [-0.25, -0.2) is 0 Å². The summed E-state index contributed by atoms with van der Waals surface area (Å²) in [5.74, 6) is 0.344. The van der Waals surface area contributed by atoms with Crippen molar-refractivity contribution in [2.24, 2.45) is 5.92 Å². The summed E-state index contributed by atoms with van der Waals surface area (Å²) in [4.78, 5) is 26.0. The van der Waals surface area contributed by atoms with Crippen molar-refractivity contribution < 1.29 is 9.59 Å². The zero-order chi connectivity index (χ0) is 16.7. The fourth-order valence-electron chi connectivity index (χ4n) is 3.02. The zero-order valence-corrected chi connectivity index (χ0v) is 14.0. The van der Waals surface area contributed by atoms with E-state index in [9.17, 15) is 9.59 Å². The minimum atomic E-state index is 0.0303. The molecule has 0 spiro atoms.